The molecule has 0 aromatic rings. The Morgan fingerprint density at radius 1 is 1.00 bits per heavy atom. The molecule has 0 aliphatic carbocycles. The fraction of sp³-hybridized carbons (Fsp3) is 0.750. The SMILES string of the molecule is CC(C)/C=C/C(=O)NCCCCCCC(=O)C(C)C. The highest BCUT2D eigenvalue weighted by molar-refractivity contribution is 5.87. The summed E-state index contributed by atoms with van der Waals surface area (Å²) >= 11 is 0. The molecule has 110 valence electrons. The average Bonchev–Trinajstić information content (AvgIpc) is 2.34. The number of rotatable bonds is 10. The first-order valence-electron chi connectivity index (χ1n) is 7.42. The van der Waals surface area contributed by atoms with E-state index >= 15 is 0 Å². The van der Waals surface area contributed by atoms with Crippen LogP contribution in [0.15, 0.2) is 12.2 Å². The maximum absolute atomic E-state index is 11.4. The number of carbonyl (C=O) groups excluding carboxylic acids is 2. The van der Waals surface area contributed by atoms with Crippen LogP contribution >= 0.6 is 0 Å². The number of carbonyl (C=O) groups is 2. The van der Waals surface area contributed by atoms with Crippen LogP contribution in [0.3, 0.4) is 0 Å². The third-order valence-electron chi connectivity index (χ3n) is 2.93. The molecule has 3 nitrogen and oxygen atoms in total. The Balaban J connectivity index is 3.41. The van der Waals surface area contributed by atoms with Crippen molar-refractivity contribution in [2.24, 2.45) is 11.8 Å². The van der Waals surface area contributed by atoms with Crippen molar-refractivity contribution >= 4 is 11.7 Å². The van der Waals surface area contributed by atoms with Gasteiger partial charge in [0.05, 0.1) is 0 Å². The molecule has 1 N–H and O–H groups in total. The summed E-state index contributed by atoms with van der Waals surface area (Å²) in [6.07, 6.45) is 8.28. The minimum Gasteiger partial charge on any atom is -0.353 e. The minimum absolute atomic E-state index is 0.0105. The lowest BCUT2D eigenvalue weighted by atomic mass is 10.0. The van der Waals surface area contributed by atoms with Crippen molar-refractivity contribution in [2.45, 2.75) is 59.8 Å². The highest BCUT2D eigenvalue weighted by Crippen LogP contribution is 2.07. The lowest BCUT2D eigenvalue weighted by Crippen LogP contribution is -2.22. The quantitative estimate of drug-likeness (QED) is 0.486. The first kappa shape index (κ1) is 17.9. The van der Waals surface area contributed by atoms with E-state index in [1.165, 1.54) is 0 Å². The predicted octanol–water partition coefficient (Wildman–Crippen LogP) is 3.49. The molecule has 0 heterocycles. The molecule has 0 atom stereocenters. The Morgan fingerprint density at radius 3 is 2.21 bits per heavy atom. The molecule has 1 amide bonds. The van der Waals surface area contributed by atoms with E-state index in [-0.39, 0.29) is 11.8 Å². The van der Waals surface area contributed by atoms with Gasteiger partial charge in [0, 0.05) is 18.9 Å². The maximum Gasteiger partial charge on any atom is 0.243 e. The van der Waals surface area contributed by atoms with Crippen molar-refractivity contribution in [3.63, 3.8) is 0 Å². The second kappa shape index (κ2) is 10.8. The normalized spacial score (nSPS) is 11.5. The summed E-state index contributed by atoms with van der Waals surface area (Å²) in [4.78, 5) is 22.7. The van der Waals surface area contributed by atoms with Crippen LogP contribution in [-0.4, -0.2) is 18.2 Å². The number of hydrogen-bond donors (Lipinski definition) is 1. The van der Waals surface area contributed by atoms with Gasteiger partial charge in [-0.3, -0.25) is 9.59 Å². The number of nitrogens with one attached hydrogen (secondary N) is 1. The number of allylic oxidation sites excluding steroid dienone is 1. The fourth-order valence-electron chi connectivity index (χ4n) is 1.62. The van der Waals surface area contributed by atoms with Crippen LogP contribution in [0, 0.1) is 11.8 Å². The summed E-state index contributed by atoms with van der Waals surface area (Å²) < 4.78 is 0. The van der Waals surface area contributed by atoms with E-state index < -0.39 is 0 Å². The van der Waals surface area contributed by atoms with Crippen molar-refractivity contribution in [3.05, 3.63) is 12.2 Å². The molecule has 0 rings (SSSR count). The minimum atomic E-state index is -0.0105. The molecule has 19 heavy (non-hydrogen) atoms. The van der Waals surface area contributed by atoms with Crippen LogP contribution in [0.1, 0.15) is 59.8 Å². The van der Waals surface area contributed by atoms with Crippen LogP contribution in [0.4, 0.5) is 0 Å². The molecule has 0 fully saturated rings. The van der Waals surface area contributed by atoms with Crippen LogP contribution in [0.25, 0.3) is 0 Å². The highest BCUT2D eigenvalue weighted by Gasteiger charge is 2.05. The van der Waals surface area contributed by atoms with Crippen LogP contribution < -0.4 is 5.32 Å². The van der Waals surface area contributed by atoms with Gasteiger partial charge in [0.25, 0.3) is 0 Å². The molecule has 0 radical (unpaired) electrons. The van der Waals surface area contributed by atoms with Gasteiger partial charge in [-0.1, -0.05) is 46.6 Å². The van der Waals surface area contributed by atoms with Gasteiger partial charge in [0.1, 0.15) is 5.78 Å². The number of amides is 1. The van der Waals surface area contributed by atoms with Crippen molar-refractivity contribution in [2.75, 3.05) is 6.54 Å². The third kappa shape index (κ3) is 11.7. The molecular formula is C16H29NO2. The van der Waals surface area contributed by atoms with Crippen molar-refractivity contribution in [3.8, 4) is 0 Å². The molecule has 0 aliphatic heterocycles. The van der Waals surface area contributed by atoms with Gasteiger partial charge in [-0.25, -0.2) is 0 Å². The zero-order valence-electron chi connectivity index (χ0n) is 12.9. The van der Waals surface area contributed by atoms with E-state index in [4.69, 9.17) is 0 Å². The summed E-state index contributed by atoms with van der Waals surface area (Å²) in [7, 11) is 0. The van der Waals surface area contributed by atoms with E-state index in [0.29, 0.717) is 18.1 Å². The van der Waals surface area contributed by atoms with Gasteiger partial charge < -0.3 is 5.32 Å². The lowest BCUT2D eigenvalue weighted by Gasteiger charge is -2.04. The van der Waals surface area contributed by atoms with Gasteiger partial charge in [0.2, 0.25) is 5.91 Å². The van der Waals surface area contributed by atoms with Crippen LogP contribution in [0.2, 0.25) is 0 Å². The van der Waals surface area contributed by atoms with Crippen molar-refractivity contribution in [1.82, 2.24) is 5.32 Å². The Labute approximate surface area is 117 Å². The second-order valence-corrected chi connectivity index (χ2v) is 5.68. The van der Waals surface area contributed by atoms with Gasteiger partial charge in [-0.2, -0.15) is 0 Å². The molecule has 0 bridgehead atoms. The Kier molecular flexibility index (Phi) is 10.1. The Morgan fingerprint density at radius 2 is 1.63 bits per heavy atom. The number of unbranched alkanes of at least 4 members (excludes halogenated alkanes) is 3. The lowest BCUT2D eigenvalue weighted by molar-refractivity contribution is -0.122. The van der Waals surface area contributed by atoms with Gasteiger partial charge in [-0.15, -0.1) is 0 Å². The average molecular weight is 267 g/mol. The maximum atomic E-state index is 11.4. The molecule has 3 heteroatoms. The van der Waals surface area contributed by atoms with E-state index in [2.05, 4.69) is 5.32 Å². The second-order valence-electron chi connectivity index (χ2n) is 5.68. The van der Waals surface area contributed by atoms with Gasteiger partial charge >= 0.3 is 0 Å². The Hall–Kier alpha value is -1.12. The topological polar surface area (TPSA) is 46.2 Å². The first-order chi connectivity index (χ1) is 8.93. The van der Waals surface area contributed by atoms with Crippen LogP contribution in [0.5, 0.6) is 0 Å². The van der Waals surface area contributed by atoms with E-state index in [9.17, 15) is 9.59 Å². The van der Waals surface area contributed by atoms with Crippen molar-refractivity contribution < 1.29 is 9.59 Å². The highest BCUT2D eigenvalue weighted by atomic mass is 16.1. The van der Waals surface area contributed by atoms with Gasteiger partial charge in [0.15, 0.2) is 0 Å². The predicted molar refractivity (Wildman–Crippen MR) is 79.9 cm³/mol. The molecule has 0 aliphatic rings. The molecule has 0 saturated carbocycles. The fourth-order valence-corrected chi connectivity index (χ4v) is 1.62. The zero-order chi connectivity index (χ0) is 14.7. The molecular weight excluding hydrogens is 238 g/mol. The molecule has 0 aromatic carbocycles. The largest absolute Gasteiger partial charge is 0.353 e. The molecule has 0 spiro atoms. The zero-order valence-corrected chi connectivity index (χ0v) is 12.9. The number of Topliss-reactive ketones (excluding diaryl/α,β-unsaturated/α-hetero) is 1. The summed E-state index contributed by atoms with van der Waals surface area (Å²) in [6, 6.07) is 0. The number of hydrogen-bond acceptors (Lipinski definition) is 2. The van der Waals surface area contributed by atoms with E-state index in [1.807, 2.05) is 33.8 Å². The summed E-state index contributed by atoms with van der Waals surface area (Å²) in [5, 5.41) is 2.86. The molecule has 0 unspecified atom stereocenters. The smallest absolute Gasteiger partial charge is 0.243 e. The van der Waals surface area contributed by atoms with Crippen molar-refractivity contribution in [1.29, 1.82) is 0 Å². The molecule has 0 saturated heterocycles. The standard InChI is InChI=1S/C16H29NO2/c1-13(2)10-11-16(19)17-12-8-6-5-7-9-15(18)14(3)4/h10-11,13-14H,5-9,12H2,1-4H3,(H,17,19)/b11-10+. The van der Waals surface area contributed by atoms with Gasteiger partial charge in [-0.05, 0) is 24.8 Å². The summed E-state index contributed by atoms with van der Waals surface area (Å²) in [6.45, 7) is 8.70. The summed E-state index contributed by atoms with van der Waals surface area (Å²) in [5.74, 6) is 0.909. The first-order valence-corrected chi connectivity index (χ1v) is 7.42. The number of ketones is 1. The third-order valence-corrected chi connectivity index (χ3v) is 2.93. The molecule has 0 aromatic heterocycles. The van der Waals surface area contributed by atoms with Crippen LogP contribution in [-0.2, 0) is 9.59 Å². The van der Waals surface area contributed by atoms with E-state index in [1.54, 1.807) is 6.08 Å². The monoisotopic (exact) mass is 267 g/mol. The summed E-state index contributed by atoms with van der Waals surface area (Å²) in [5.41, 5.74) is 0. The Bertz CT molecular complexity index is 293. The van der Waals surface area contributed by atoms with E-state index in [0.717, 1.165) is 32.2 Å².